The number of hydrogen-bond donors (Lipinski definition) is 1. The van der Waals surface area contributed by atoms with Gasteiger partial charge in [0.2, 0.25) is 5.91 Å². The highest BCUT2D eigenvalue weighted by molar-refractivity contribution is 5.73. The van der Waals surface area contributed by atoms with Crippen molar-refractivity contribution in [3.05, 3.63) is 35.4 Å². The largest absolute Gasteiger partial charge is 0.359 e. The minimum absolute atomic E-state index is 0.00616. The number of carbonyl (C=O) groups is 1. The van der Waals surface area contributed by atoms with Crippen LogP contribution in [0.4, 0.5) is 8.78 Å². The zero-order chi connectivity index (χ0) is 13.5. The maximum atomic E-state index is 13.6. The van der Waals surface area contributed by atoms with Crippen molar-refractivity contribution in [2.75, 3.05) is 20.5 Å². The van der Waals surface area contributed by atoms with E-state index >= 15 is 0 Å². The van der Waals surface area contributed by atoms with Crippen LogP contribution in [0.2, 0.25) is 0 Å². The Bertz CT molecular complexity index is 412. The Balaban J connectivity index is 2.86. The number of benzene rings is 1. The van der Waals surface area contributed by atoms with Crippen molar-refractivity contribution in [1.82, 2.24) is 5.32 Å². The molecule has 0 spiro atoms. The second kappa shape index (κ2) is 7.03. The third-order valence-electron chi connectivity index (χ3n) is 2.20. The topological polar surface area (TPSA) is 47.6 Å². The Morgan fingerprint density at radius 2 is 2.17 bits per heavy atom. The molecule has 1 aromatic rings. The molecule has 0 unspecified atom stereocenters. The Labute approximate surface area is 104 Å². The van der Waals surface area contributed by atoms with E-state index in [0.29, 0.717) is 0 Å². The first kappa shape index (κ1) is 14.5. The molecule has 1 N–H and O–H groups in total. The molecular weight excluding hydrogens is 244 g/mol. The van der Waals surface area contributed by atoms with Gasteiger partial charge in [0, 0.05) is 19.6 Å². The molecule has 0 bridgehead atoms. The molecule has 1 aromatic carbocycles. The van der Waals surface area contributed by atoms with Crippen LogP contribution in [0.15, 0.2) is 18.2 Å². The molecule has 0 aliphatic rings. The van der Waals surface area contributed by atoms with E-state index in [0.717, 1.165) is 18.2 Å². The lowest BCUT2D eigenvalue weighted by Crippen LogP contribution is -2.30. The van der Waals surface area contributed by atoms with Crippen LogP contribution < -0.4 is 5.32 Å². The molecule has 0 aromatic heterocycles. The third kappa shape index (κ3) is 4.38. The average molecular weight is 259 g/mol. The van der Waals surface area contributed by atoms with Gasteiger partial charge in [-0.2, -0.15) is 0 Å². The zero-order valence-electron chi connectivity index (χ0n) is 10.2. The van der Waals surface area contributed by atoms with E-state index in [2.05, 4.69) is 10.1 Å². The first-order valence-corrected chi connectivity index (χ1v) is 5.33. The molecule has 100 valence electrons. The van der Waals surface area contributed by atoms with E-state index in [1.165, 1.54) is 14.0 Å². The molecular formula is C12H15F2NO3. The van der Waals surface area contributed by atoms with Crippen molar-refractivity contribution in [1.29, 1.82) is 0 Å². The van der Waals surface area contributed by atoms with Gasteiger partial charge in [0.05, 0.1) is 12.6 Å². The van der Waals surface area contributed by atoms with Crippen LogP contribution in [0, 0.1) is 11.6 Å². The third-order valence-corrected chi connectivity index (χ3v) is 2.20. The maximum Gasteiger partial charge on any atom is 0.217 e. The Morgan fingerprint density at radius 3 is 2.78 bits per heavy atom. The highest BCUT2D eigenvalue weighted by atomic mass is 19.1. The Morgan fingerprint density at radius 1 is 1.44 bits per heavy atom. The SMILES string of the molecule is COCOC[C@@H](NC(C)=O)c1cc(F)ccc1F. The highest BCUT2D eigenvalue weighted by Crippen LogP contribution is 2.19. The van der Waals surface area contributed by atoms with Crippen molar-refractivity contribution in [3.63, 3.8) is 0 Å². The molecule has 0 aliphatic carbocycles. The molecule has 0 heterocycles. The van der Waals surface area contributed by atoms with Crippen LogP contribution in [-0.4, -0.2) is 26.4 Å². The molecule has 0 saturated heterocycles. The van der Waals surface area contributed by atoms with Gasteiger partial charge in [0.1, 0.15) is 18.4 Å². The number of halogens is 2. The highest BCUT2D eigenvalue weighted by Gasteiger charge is 2.18. The second-order valence-corrected chi connectivity index (χ2v) is 3.70. The van der Waals surface area contributed by atoms with Crippen molar-refractivity contribution in [3.8, 4) is 0 Å². The summed E-state index contributed by atoms with van der Waals surface area (Å²) in [7, 11) is 1.44. The summed E-state index contributed by atoms with van der Waals surface area (Å²) in [4.78, 5) is 11.0. The Hall–Kier alpha value is -1.53. The zero-order valence-corrected chi connectivity index (χ0v) is 10.2. The van der Waals surface area contributed by atoms with Crippen LogP contribution in [0.1, 0.15) is 18.5 Å². The number of amides is 1. The summed E-state index contributed by atoms with van der Waals surface area (Å²) in [6.45, 7) is 1.29. The van der Waals surface area contributed by atoms with Crippen LogP contribution >= 0.6 is 0 Å². The van der Waals surface area contributed by atoms with Gasteiger partial charge >= 0.3 is 0 Å². The molecule has 0 fully saturated rings. The summed E-state index contributed by atoms with van der Waals surface area (Å²) < 4.78 is 36.4. The summed E-state index contributed by atoms with van der Waals surface area (Å²) in [5.74, 6) is -1.53. The summed E-state index contributed by atoms with van der Waals surface area (Å²) in [6, 6.07) is 2.30. The molecule has 1 amide bonds. The second-order valence-electron chi connectivity index (χ2n) is 3.70. The lowest BCUT2D eigenvalue weighted by molar-refractivity contribution is -0.120. The van der Waals surface area contributed by atoms with Crippen LogP contribution in [0.25, 0.3) is 0 Å². The monoisotopic (exact) mass is 259 g/mol. The van der Waals surface area contributed by atoms with Gasteiger partial charge in [0.25, 0.3) is 0 Å². The van der Waals surface area contributed by atoms with Crippen LogP contribution in [0.3, 0.4) is 0 Å². The number of methoxy groups -OCH3 is 1. The summed E-state index contributed by atoms with van der Waals surface area (Å²) in [5, 5.41) is 2.50. The van der Waals surface area contributed by atoms with Gasteiger partial charge in [-0.15, -0.1) is 0 Å². The number of ether oxygens (including phenoxy) is 2. The minimum atomic E-state index is -0.756. The number of hydrogen-bond acceptors (Lipinski definition) is 3. The number of nitrogens with one attached hydrogen (secondary N) is 1. The van der Waals surface area contributed by atoms with Crippen molar-refractivity contribution >= 4 is 5.91 Å². The van der Waals surface area contributed by atoms with E-state index in [9.17, 15) is 13.6 Å². The predicted octanol–water partition coefficient (Wildman–Crippen LogP) is 1.76. The molecule has 1 rings (SSSR count). The number of carbonyl (C=O) groups excluding carboxylic acids is 1. The number of rotatable bonds is 6. The van der Waals surface area contributed by atoms with Crippen LogP contribution in [0.5, 0.6) is 0 Å². The van der Waals surface area contributed by atoms with Crippen molar-refractivity contribution < 1.29 is 23.0 Å². The molecule has 6 heteroatoms. The first-order chi connectivity index (χ1) is 8.54. The summed E-state index contributed by atoms with van der Waals surface area (Å²) in [5.41, 5.74) is 0.0429. The summed E-state index contributed by atoms with van der Waals surface area (Å²) >= 11 is 0. The molecule has 0 saturated carbocycles. The van der Waals surface area contributed by atoms with Gasteiger partial charge < -0.3 is 14.8 Å². The fourth-order valence-electron chi connectivity index (χ4n) is 1.49. The van der Waals surface area contributed by atoms with Crippen molar-refractivity contribution in [2.45, 2.75) is 13.0 Å². The predicted molar refractivity (Wildman–Crippen MR) is 60.7 cm³/mol. The fraction of sp³-hybridized carbons (Fsp3) is 0.417. The van der Waals surface area contributed by atoms with Gasteiger partial charge in [-0.1, -0.05) is 0 Å². The lowest BCUT2D eigenvalue weighted by Gasteiger charge is -2.18. The quantitative estimate of drug-likeness (QED) is 0.625. The average Bonchev–Trinajstić information content (AvgIpc) is 2.31. The van der Waals surface area contributed by atoms with Gasteiger partial charge in [-0.05, 0) is 18.2 Å². The first-order valence-electron chi connectivity index (χ1n) is 5.33. The van der Waals surface area contributed by atoms with Crippen molar-refractivity contribution in [2.24, 2.45) is 0 Å². The van der Waals surface area contributed by atoms with E-state index in [1.807, 2.05) is 0 Å². The van der Waals surface area contributed by atoms with E-state index in [-0.39, 0.29) is 24.9 Å². The van der Waals surface area contributed by atoms with Crippen LogP contribution in [-0.2, 0) is 14.3 Å². The maximum absolute atomic E-state index is 13.6. The minimum Gasteiger partial charge on any atom is -0.359 e. The molecule has 0 aliphatic heterocycles. The van der Waals surface area contributed by atoms with E-state index in [1.54, 1.807) is 0 Å². The van der Waals surface area contributed by atoms with Gasteiger partial charge in [0.15, 0.2) is 0 Å². The summed E-state index contributed by atoms with van der Waals surface area (Å²) in [6.07, 6.45) is 0. The fourth-order valence-corrected chi connectivity index (χ4v) is 1.49. The molecule has 0 radical (unpaired) electrons. The van der Waals surface area contributed by atoms with Gasteiger partial charge in [-0.25, -0.2) is 8.78 Å². The smallest absolute Gasteiger partial charge is 0.217 e. The standard InChI is InChI=1S/C12H15F2NO3/c1-8(16)15-12(6-18-7-17-2)10-5-9(13)3-4-11(10)14/h3-5,12H,6-7H2,1-2H3,(H,15,16)/t12-/m1/s1. The normalized spacial score (nSPS) is 12.2. The lowest BCUT2D eigenvalue weighted by atomic mass is 10.1. The molecule has 1 atom stereocenters. The van der Waals surface area contributed by atoms with Gasteiger partial charge in [-0.3, -0.25) is 4.79 Å². The molecule has 18 heavy (non-hydrogen) atoms. The van der Waals surface area contributed by atoms with E-state index < -0.39 is 17.7 Å². The molecule has 4 nitrogen and oxygen atoms in total. The van der Waals surface area contributed by atoms with E-state index in [4.69, 9.17) is 4.74 Å². The Kier molecular flexibility index (Phi) is 5.67.